The van der Waals surface area contributed by atoms with Gasteiger partial charge in [0.25, 0.3) is 0 Å². The molecule has 1 amide bonds. The molecule has 0 unspecified atom stereocenters. The van der Waals surface area contributed by atoms with Crippen molar-refractivity contribution < 1.29 is 9.90 Å². The smallest absolute Gasteiger partial charge is 0.224 e. The van der Waals surface area contributed by atoms with E-state index in [4.69, 9.17) is 0 Å². The molecule has 3 heteroatoms. The minimum Gasteiger partial charge on any atom is -0.507 e. The van der Waals surface area contributed by atoms with Crippen molar-refractivity contribution in [3.63, 3.8) is 0 Å². The van der Waals surface area contributed by atoms with Crippen LogP contribution in [-0.4, -0.2) is 11.0 Å². The van der Waals surface area contributed by atoms with Crippen LogP contribution in [0.3, 0.4) is 0 Å². The second kappa shape index (κ2) is 7.18. The van der Waals surface area contributed by atoms with Crippen LogP contribution in [-0.2, 0) is 11.2 Å². The molecule has 24 heavy (non-hydrogen) atoms. The number of aryl methyl sites for hydroxylation is 2. The summed E-state index contributed by atoms with van der Waals surface area (Å²) >= 11 is 0. The lowest BCUT2D eigenvalue weighted by molar-refractivity contribution is -0.116. The van der Waals surface area contributed by atoms with Gasteiger partial charge in [-0.25, -0.2) is 0 Å². The number of phenols is 1. The quantitative estimate of drug-likeness (QED) is 0.708. The van der Waals surface area contributed by atoms with Crippen molar-refractivity contribution in [2.45, 2.75) is 26.2 Å². The average molecular weight is 319 g/mol. The summed E-state index contributed by atoms with van der Waals surface area (Å²) in [6.07, 6.45) is 2.18. The van der Waals surface area contributed by atoms with Gasteiger partial charge in [-0.05, 0) is 37.5 Å². The number of rotatable bonds is 5. The predicted molar refractivity (Wildman–Crippen MR) is 98.4 cm³/mol. The molecular weight excluding hydrogens is 298 g/mol. The lowest BCUT2D eigenvalue weighted by atomic mass is 10.1. The molecule has 0 aromatic heterocycles. The van der Waals surface area contributed by atoms with Gasteiger partial charge in [-0.3, -0.25) is 4.79 Å². The number of fused-ring (bicyclic) bond motifs is 1. The van der Waals surface area contributed by atoms with Gasteiger partial charge in [0, 0.05) is 22.9 Å². The van der Waals surface area contributed by atoms with E-state index in [-0.39, 0.29) is 11.7 Å². The zero-order valence-electron chi connectivity index (χ0n) is 13.8. The van der Waals surface area contributed by atoms with E-state index in [1.807, 2.05) is 24.3 Å². The predicted octanol–water partition coefficient (Wildman–Crippen LogP) is 4.82. The molecule has 2 N–H and O–H groups in total. The van der Waals surface area contributed by atoms with E-state index < -0.39 is 0 Å². The molecule has 0 heterocycles. The Labute approximate surface area is 142 Å². The van der Waals surface area contributed by atoms with E-state index in [9.17, 15) is 9.90 Å². The molecule has 0 spiro atoms. The summed E-state index contributed by atoms with van der Waals surface area (Å²) in [7, 11) is 0. The first kappa shape index (κ1) is 16.1. The molecule has 0 aliphatic heterocycles. The highest BCUT2D eigenvalue weighted by molar-refractivity contribution is 6.03. The molecular formula is C21H21NO2. The van der Waals surface area contributed by atoms with Gasteiger partial charge in [0.2, 0.25) is 5.91 Å². The summed E-state index contributed by atoms with van der Waals surface area (Å²) in [5, 5.41) is 14.5. The maximum atomic E-state index is 12.2. The second-order valence-electron chi connectivity index (χ2n) is 6.07. The average Bonchev–Trinajstić information content (AvgIpc) is 2.58. The fraction of sp³-hybridized carbons (Fsp3) is 0.190. The van der Waals surface area contributed by atoms with E-state index in [0.29, 0.717) is 6.42 Å². The van der Waals surface area contributed by atoms with Crippen LogP contribution in [0.25, 0.3) is 10.8 Å². The first-order chi connectivity index (χ1) is 11.6. The van der Waals surface area contributed by atoms with Crippen LogP contribution in [0.15, 0.2) is 60.7 Å². The fourth-order valence-corrected chi connectivity index (χ4v) is 2.82. The molecule has 0 fully saturated rings. The van der Waals surface area contributed by atoms with Crippen molar-refractivity contribution in [2.75, 3.05) is 5.32 Å². The summed E-state index contributed by atoms with van der Waals surface area (Å²) in [6, 6.07) is 19.3. The Morgan fingerprint density at radius 2 is 1.67 bits per heavy atom. The molecule has 3 nitrogen and oxygen atoms in total. The molecule has 0 radical (unpaired) electrons. The Morgan fingerprint density at radius 1 is 0.958 bits per heavy atom. The van der Waals surface area contributed by atoms with Gasteiger partial charge < -0.3 is 10.4 Å². The monoisotopic (exact) mass is 319 g/mol. The Kier molecular flexibility index (Phi) is 4.80. The van der Waals surface area contributed by atoms with Crippen LogP contribution in [0.1, 0.15) is 24.0 Å². The summed E-state index contributed by atoms with van der Waals surface area (Å²) in [5.41, 5.74) is 3.24. The number of anilines is 1. The summed E-state index contributed by atoms with van der Waals surface area (Å²) in [4.78, 5) is 12.2. The molecule has 3 rings (SSSR count). The SMILES string of the molecule is Cc1ccc(CCCC(=O)Nc2cccc3c(O)cccc23)cc1. The van der Waals surface area contributed by atoms with Crippen molar-refractivity contribution in [3.8, 4) is 5.75 Å². The van der Waals surface area contributed by atoms with Crippen LogP contribution < -0.4 is 5.32 Å². The van der Waals surface area contributed by atoms with Crippen molar-refractivity contribution >= 4 is 22.4 Å². The van der Waals surface area contributed by atoms with Gasteiger partial charge in [0.15, 0.2) is 0 Å². The van der Waals surface area contributed by atoms with E-state index in [1.165, 1.54) is 11.1 Å². The number of aromatic hydroxyl groups is 1. The largest absolute Gasteiger partial charge is 0.507 e. The third kappa shape index (κ3) is 3.74. The minimum absolute atomic E-state index is 0.00189. The van der Waals surface area contributed by atoms with Crippen LogP contribution >= 0.6 is 0 Å². The molecule has 122 valence electrons. The van der Waals surface area contributed by atoms with E-state index in [0.717, 1.165) is 29.3 Å². The zero-order valence-corrected chi connectivity index (χ0v) is 13.8. The minimum atomic E-state index is -0.00189. The second-order valence-corrected chi connectivity index (χ2v) is 6.07. The number of nitrogens with one attached hydrogen (secondary N) is 1. The van der Waals surface area contributed by atoms with Gasteiger partial charge in [-0.1, -0.05) is 54.1 Å². The fourth-order valence-electron chi connectivity index (χ4n) is 2.82. The van der Waals surface area contributed by atoms with Gasteiger partial charge in [0.05, 0.1) is 0 Å². The maximum Gasteiger partial charge on any atom is 0.224 e. The van der Waals surface area contributed by atoms with Crippen molar-refractivity contribution in [3.05, 3.63) is 71.8 Å². The number of carbonyl (C=O) groups is 1. The molecule has 0 aliphatic rings. The Bertz CT molecular complexity index is 853. The lowest BCUT2D eigenvalue weighted by Gasteiger charge is -2.09. The summed E-state index contributed by atoms with van der Waals surface area (Å²) < 4.78 is 0. The van der Waals surface area contributed by atoms with Crippen molar-refractivity contribution in [1.82, 2.24) is 0 Å². The number of phenolic OH excluding ortho intramolecular Hbond substituents is 1. The van der Waals surface area contributed by atoms with Gasteiger partial charge in [-0.15, -0.1) is 0 Å². The number of hydrogen-bond acceptors (Lipinski definition) is 2. The molecule has 0 bridgehead atoms. The summed E-state index contributed by atoms with van der Waals surface area (Å²) in [5.74, 6) is 0.223. The van der Waals surface area contributed by atoms with Crippen LogP contribution in [0.4, 0.5) is 5.69 Å². The standard InChI is InChI=1S/C21H21NO2/c1-15-11-13-16(14-12-15)5-2-10-21(24)22-19-8-3-7-18-17(19)6-4-9-20(18)23/h3-4,6-9,11-14,23H,2,5,10H2,1H3,(H,22,24). The zero-order chi connectivity index (χ0) is 16.9. The lowest BCUT2D eigenvalue weighted by Crippen LogP contribution is -2.11. The topological polar surface area (TPSA) is 49.3 Å². The molecule has 0 atom stereocenters. The highest BCUT2D eigenvalue weighted by atomic mass is 16.3. The summed E-state index contributed by atoms with van der Waals surface area (Å²) in [6.45, 7) is 2.07. The third-order valence-electron chi connectivity index (χ3n) is 4.16. The molecule has 0 saturated carbocycles. The van der Waals surface area contributed by atoms with Gasteiger partial charge in [-0.2, -0.15) is 0 Å². The number of amides is 1. The van der Waals surface area contributed by atoms with E-state index in [1.54, 1.807) is 12.1 Å². The van der Waals surface area contributed by atoms with Crippen molar-refractivity contribution in [2.24, 2.45) is 0 Å². The van der Waals surface area contributed by atoms with Crippen LogP contribution in [0.5, 0.6) is 5.75 Å². The Balaban J connectivity index is 1.61. The van der Waals surface area contributed by atoms with E-state index in [2.05, 4.69) is 36.5 Å². The van der Waals surface area contributed by atoms with Crippen LogP contribution in [0.2, 0.25) is 0 Å². The number of benzene rings is 3. The Morgan fingerprint density at radius 3 is 2.46 bits per heavy atom. The maximum absolute atomic E-state index is 12.2. The first-order valence-electron chi connectivity index (χ1n) is 8.19. The van der Waals surface area contributed by atoms with Gasteiger partial charge >= 0.3 is 0 Å². The normalized spacial score (nSPS) is 10.7. The highest BCUT2D eigenvalue weighted by Gasteiger charge is 2.07. The third-order valence-corrected chi connectivity index (χ3v) is 4.16. The van der Waals surface area contributed by atoms with Crippen LogP contribution in [0, 0.1) is 6.92 Å². The number of carbonyl (C=O) groups excluding carboxylic acids is 1. The molecule has 3 aromatic carbocycles. The molecule has 0 aliphatic carbocycles. The van der Waals surface area contributed by atoms with Crippen molar-refractivity contribution in [1.29, 1.82) is 0 Å². The Hall–Kier alpha value is -2.81. The van der Waals surface area contributed by atoms with Gasteiger partial charge in [0.1, 0.15) is 5.75 Å². The molecule has 3 aromatic rings. The number of hydrogen-bond donors (Lipinski definition) is 2. The highest BCUT2D eigenvalue weighted by Crippen LogP contribution is 2.29. The first-order valence-corrected chi connectivity index (χ1v) is 8.19. The van der Waals surface area contributed by atoms with E-state index >= 15 is 0 Å². The molecule has 0 saturated heterocycles.